The number of amides is 1. The Bertz CT molecular complexity index is 465. The standard InChI is InChI=1S/C13H22N4OS2/c1-3-7-15-13(11(14)18)6-4-5-10(8-13)19-12-16-9(2)17-20-12/h10,15H,3-8H2,1-2H3,(H2,14,18). The number of hydrogen-bond donors (Lipinski definition) is 2. The highest BCUT2D eigenvalue weighted by Crippen LogP contribution is 2.38. The number of primary amides is 1. The van der Waals surface area contributed by atoms with E-state index in [1.807, 2.05) is 6.92 Å². The summed E-state index contributed by atoms with van der Waals surface area (Å²) in [6.45, 7) is 4.83. The molecule has 0 bridgehead atoms. The van der Waals surface area contributed by atoms with Crippen molar-refractivity contribution in [2.45, 2.75) is 61.1 Å². The summed E-state index contributed by atoms with van der Waals surface area (Å²) in [5, 5.41) is 3.77. The molecule has 1 amide bonds. The summed E-state index contributed by atoms with van der Waals surface area (Å²) in [6, 6.07) is 0. The van der Waals surface area contributed by atoms with Crippen molar-refractivity contribution in [3.63, 3.8) is 0 Å². The van der Waals surface area contributed by atoms with Crippen LogP contribution in [-0.2, 0) is 4.79 Å². The Hall–Kier alpha value is -0.660. The van der Waals surface area contributed by atoms with Crippen LogP contribution in [0, 0.1) is 6.92 Å². The van der Waals surface area contributed by atoms with Crippen molar-refractivity contribution >= 4 is 29.2 Å². The van der Waals surface area contributed by atoms with Gasteiger partial charge in [0.2, 0.25) is 5.91 Å². The second-order valence-corrected chi connectivity index (χ2v) is 7.62. The van der Waals surface area contributed by atoms with Gasteiger partial charge in [0.05, 0.1) is 5.54 Å². The van der Waals surface area contributed by atoms with E-state index in [0.29, 0.717) is 5.25 Å². The third-order valence-corrected chi connectivity index (χ3v) is 5.81. The van der Waals surface area contributed by atoms with Gasteiger partial charge in [-0.3, -0.25) is 4.79 Å². The Morgan fingerprint density at radius 2 is 2.45 bits per heavy atom. The Morgan fingerprint density at radius 3 is 3.05 bits per heavy atom. The summed E-state index contributed by atoms with van der Waals surface area (Å²) in [4.78, 5) is 16.3. The molecule has 1 aliphatic rings. The molecular weight excluding hydrogens is 292 g/mol. The zero-order valence-corrected chi connectivity index (χ0v) is 13.6. The minimum atomic E-state index is -0.536. The molecule has 0 saturated heterocycles. The van der Waals surface area contributed by atoms with E-state index in [9.17, 15) is 4.79 Å². The molecule has 1 aliphatic carbocycles. The Labute approximate surface area is 128 Å². The van der Waals surface area contributed by atoms with Crippen LogP contribution in [-0.4, -0.2) is 32.6 Å². The number of nitrogens with zero attached hydrogens (tertiary/aromatic N) is 2. The van der Waals surface area contributed by atoms with Gasteiger partial charge in [0.15, 0.2) is 4.34 Å². The number of carbonyl (C=O) groups excluding carboxylic acids is 1. The first-order chi connectivity index (χ1) is 9.55. The van der Waals surface area contributed by atoms with Gasteiger partial charge in [-0.15, -0.1) is 0 Å². The van der Waals surface area contributed by atoms with E-state index in [0.717, 1.165) is 48.8 Å². The molecule has 0 radical (unpaired) electrons. The first kappa shape index (κ1) is 15.7. The lowest BCUT2D eigenvalue weighted by molar-refractivity contribution is -0.125. The van der Waals surface area contributed by atoms with Gasteiger partial charge in [-0.2, -0.15) is 4.37 Å². The Balaban J connectivity index is 2.03. The highest BCUT2D eigenvalue weighted by molar-refractivity contribution is 8.01. The zero-order chi connectivity index (χ0) is 14.6. The van der Waals surface area contributed by atoms with Gasteiger partial charge >= 0.3 is 0 Å². The molecule has 0 aromatic carbocycles. The molecule has 2 unspecified atom stereocenters. The van der Waals surface area contributed by atoms with Gasteiger partial charge in [0, 0.05) is 5.25 Å². The van der Waals surface area contributed by atoms with Crippen molar-refractivity contribution in [1.29, 1.82) is 0 Å². The molecule has 2 rings (SSSR count). The number of rotatable bonds is 6. The summed E-state index contributed by atoms with van der Waals surface area (Å²) >= 11 is 3.17. The molecule has 3 N–H and O–H groups in total. The van der Waals surface area contributed by atoms with Crippen LogP contribution in [0.5, 0.6) is 0 Å². The van der Waals surface area contributed by atoms with Crippen LogP contribution in [0.25, 0.3) is 0 Å². The van der Waals surface area contributed by atoms with E-state index >= 15 is 0 Å². The van der Waals surface area contributed by atoms with Crippen LogP contribution in [0.3, 0.4) is 0 Å². The summed E-state index contributed by atoms with van der Waals surface area (Å²) < 4.78 is 5.19. The van der Waals surface area contributed by atoms with Crippen molar-refractivity contribution in [2.75, 3.05) is 6.54 Å². The molecule has 2 atom stereocenters. The summed E-state index contributed by atoms with van der Waals surface area (Å²) in [7, 11) is 0. The topological polar surface area (TPSA) is 80.9 Å². The van der Waals surface area contributed by atoms with Crippen molar-refractivity contribution in [3.8, 4) is 0 Å². The maximum atomic E-state index is 11.9. The number of hydrogen-bond acceptors (Lipinski definition) is 6. The van der Waals surface area contributed by atoms with Gasteiger partial charge in [0.1, 0.15) is 5.82 Å². The predicted molar refractivity (Wildman–Crippen MR) is 83.0 cm³/mol. The largest absolute Gasteiger partial charge is 0.368 e. The maximum absolute atomic E-state index is 11.9. The first-order valence-corrected chi connectivity index (χ1v) is 8.73. The maximum Gasteiger partial charge on any atom is 0.237 e. The number of carbonyl (C=O) groups is 1. The van der Waals surface area contributed by atoms with E-state index in [1.54, 1.807) is 11.8 Å². The Kier molecular flexibility index (Phi) is 5.40. The van der Waals surface area contributed by atoms with Crippen molar-refractivity contribution < 1.29 is 4.79 Å². The molecule has 1 aromatic rings. The lowest BCUT2D eigenvalue weighted by atomic mass is 9.80. The molecule has 1 fully saturated rings. The average Bonchev–Trinajstić information content (AvgIpc) is 2.82. The summed E-state index contributed by atoms with van der Waals surface area (Å²) in [6.07, 6.45) is 4.75. The number of nitrogens with one attached hydrogen (secondary N) is 1. The quantitative estimate of drug-likeness (QED) is 0.840. The number of nitrogens with two attached hydrogens (primary N) is 1. The summed E-state index contributed by atoms with van der Waals surface area (Å²) in [5.74, 6) is 0.600. The first-order valence-electron chi connectivity index (χ1n) is 7.07. The van der Waals surface area contributed by atoms with Crippen LogP contribution in [0.4, 0.5) is 0 Å². The molecule has 0 aliphatic heterocycles. The molecule has 5 nitrogen and oxygen atoms in total. The fourth-order valence-corrected chi connectivity index (χ4v) is 4.87. The minimum Gasteiger partial charge on any atom is -0.368 e. The van der Waals surface area contributed by atoms with E-state index in [1.165, 1.54) is 11.5 Å². The number of aryl methyl sites for hydroxylation is 1. The van der Waals surface area contributed by atoms with Crippen molar-refractivity contribution in [2.24, 2.45) is 5.73 Å². The lowest BCUT2D eigenvalue weighted by Gasteiger charge is -2.38. The third-order valence-electron chi connectivity index (χ3n) is 3.67. The van der Waals surface area contributed by atoms with Gasteiger partial charge < -0.3 is 11.1 Å². The second-order valence-electron chi connectivity index (χ2n) is 5.32. The van der Waals surface area contributed by atoms with Crippen LogP contribution < -0.4 is 11.1 Å². The molecule has 112 valence electrons. The molecule has 20 heavy (non-hydrogen) atoms. The Morgan fingerprint density at radius 1 is 1.65 bits per heavy atom. The number of thioether (sulfide) groups is 1. The lowest BCUT2D eigenvalue weighted by Crippen LogP contribution is -2.58. The third kappa shape index (κ3) is 3.71. The smallest absolute Gasteiger partial charge is 0.237 e. The van der Waals surface area contributed by atoms with E-state index in [4.69, 9.17) is 5.73 Å². The minimum absolute atomic E-state index is 0.218. The van der Waals surface area contributed by atoms with Crippen LogP contribution in [0.2, 0.25) is 0 Å². The molecule has 7 heteroatoms. The predicted octanol–water partition coefficient (Wildman–Crippen LogP) is 2.10. The number of aromatic nitrogens is 2. The van der Waals surface area contributed by atoms with Crippen LogP contribution in [0.15, 0.2) is 4.34 Å². The monoisotopic (exact) mass is 314 g/mol. The second kappa shape index (κ2) is 6.87. The highest BCUT2D eigenvalue weighted by Gasteiger charge is 2.41. The van der Waals surface area contributed by atoms with E-state index in [2.05, 4.69) is 21.6 Å². The van der Waals surface area contributed by atoms with Crippen molar-refractivity contribution in [1.82, 2.24) is 14.7 Å². The fraction of sp³-hybridized carbons (Fsp3) is 0.769. The van der Waals surface area contributed by atoms with E-state index in [-0.39, 0.29) is 5.91 Å². The molecule has 1 aromatic heterocycles. The SMILES string of the molecule is CCCNC1(C(N)=O)CCCC(Sc2nc(C)ns2)C1. The average molecular weight is 314 g/mol. The molecular formula is C13H22N4OS2. The van der Waals surface area contributed by atoms with Crippen molar-refractivity contribution in [3.05, 3.63) is 5.82 Å². The zero-order valence-electron chi connectivity index (χ0n) is 12.0. The molecule has 1 heterocycles. The van der Waals surface area contributed by atoms with Gasteiger partial charge in [-0.1, -0.05) is 18.7 Å². The van der Waals surface area contributed by atoms with Gasteiger partial charge in [-0.05, 0) is 57.1 Å². The normalized spacial score (nSPS) is 26.6. The van der Waals surface area contributed by atoms with E-state index < -0.39 is 5.54 Å². The van der Waals surface area contributed by atoms with Crippen LogP contribution >= 0.6 is 23.3 Å². The molecule has 1 saturated carbocycles. The molecule has 0 spiro atoms. The summed E-state index contributed by atoms with van der Waals surface area (Å²) in [5.41, 5.74) is 5.13. The highest BCUT2D eigenvalue weighted by atomic mass is 32.2. The van der Waals surface area contributed by atoms with Gasteiger partial charge in [-0.25, -0.2) is 4.98 Å². The van der Waals surface area contributed by atoms with Crippen LogP contribution in [0.1, 0.15) is 44.9 Å². The fourth-order valence-electron chi connectivity index (χ4n) is 2.63. The van der Waals surface area contributed by atoms with Gasteiger partial charge in [0.25, 0.3) is 0 Å².